The number of benzene rings is 1. The summed E-state index contributed by atoms with van der Waals surface area (Å²) in [6, 6.07) is 11.8. The van der Waals surface area contributed by atoms with E-state index in [9.17, 15) is 4.79 Å². The van der Waals surface area contributed by atoms with Gasteiger partial charge in [0.25, 0.3) is 0 Å². The van der Waals surface area contributed by atoms with Gasteiger partial charge in [-0.3, -0.25) is 9.48 Å². The van der Waals surface area contributed by atoms with E-state index in [-0.39, 0.29) is 5.56 Å². The van der Waals surface area contributed by atoms with E-state index in [2.05, 4.69) is 22.2 Å². The van der Waals surface area contributed by atoms with Gasteiger partial charge in [0.15, 0.2) is 5.65 Å². The summed E-state index contributed by atoms with van der Waals surface area (Å²) in [6.07, 6.45) is 0. The molecule has 1 N–H and O–H groups in total. The van der Waals surface area contributed by atoms with Crippen LogP contribution in [0.15, 0.2) is 41.2 Å². The number of rotatable bonds is 2. The molecule has 0 spiro atoms. The maximum Gasteiger partial charge on any atom is 0.249 e. The molecule has 4 heteroatoms. The van der Waals surface area contributed by atoms with Crippen molar-refractivity contribution in [3.8, 4) is 0 Å². The molecule has 19 heavy (non-hydrogen) atoms. The summed E-state index contributed by atoms with van der Waals surface area (Å²) in [5.41, 5.74) is 3.80. The van der Waals surface area contributed by atoms with E-state index in [1.807, 2.05) is 36.7 Å². The Bertz CT molecular complexity index is 784. The molecular weight excluding hydrogens is 238 g/mol. The molecule has 0 atom stereocenters. The Labute approximate surface area is 110 Å². The predicted octanol–water partition coefficient (Wildman–Crippen LogP) is 2.39. The number of hydrogen-bond donors (Lipinski definition) is 1. The number of aromatic amines is 1. The zero-order valence-corrected chi connectivity index (χ0v) is 11.0. The van der Waals surface area contributed by atoms with E-state index in [4.69, 9.17) is 0 Å². The van der Waals surface area contributed by atoms with Gasteiger partial charge in [-0.05, 0) is 25.0 Å². The minimum atomic E-state index is -0.102. The quantitative estimate of drug-likeness (QED) is 0.762. The standard InChI is InChI=1S/C15H15N3O/c1-10-8-13(19)16-15-14(10)11(2)18(17-15)9-12-6-4-3-5-7-12/h3-8H,9H2,1-2H3,(H,16,17,19). The number of fused-ring (bicyclic) bond motifs is 1. The Balaban J connectivity index is 2.13. The van der Waals surface area contributed by atoms with Crippen molar-refractivity contribution in [1.82, 2.24) is 14.8 Å². The van der Waals surface area contributed by atoms with Crippen LogP contribution < -0.4 is 5.56 Å². The van der Waals surface area contributed by atoms with Crippen molar-refractivity contribution in [3.63, 3.8) is 0 Å². The predicted molar refractivity (Wildman–Crippen MR) is 75.4 cm³/mol. The molecule has 4 nitrogen and oxygen atoms in total. The second-order valence-electron chi connectivity index (χ2n) is 4.77. The highest BCUT2D eigenvalue weighted by Gasteiger charge is 2.11. The second-order valence-corrected chi connectivity index (χ2v) is 4.77. The van der Waals surface area contributed by atoms with Crippen LogP contribution in [0.3, 0.4) is 0 Å². The van der Waals surface area contributed by atoms with Crippen molar-refractivity contribution in [2.24, 2.45) is 0 Å². The first-order valence-corrected chi connectivity index (χ1v) is 6.26. The molecule has 0 aliphatic heterocycles. The summed E-state index contributed by atoms with van der Waals surface area (Å²) >= 11 is 0. The first-order valence-electron chi connectivity index (χ1n) is 6.26. The minimum absolute atomic E-state index is 0.102. The van der Waals surface area contributed by atoms with E-state index in [1.165, 1.54) is 5.56 Å². The van der Waals surface area contributed by atoms with E-state index < -0.39 is 0 Å². The molecule has 0 unspecified atom stereocenters. The fraction of sp³-hybridized carbons (Fsp3) is 0.200. The molecule has 0 aliphatic rings. The van der Waals surface area contributed by atoms with Crippen LogP contribution in [0.25, 0.3) is 11.0 Å². The third-order valence-corrected chi connectivity index (χ3v) is 3.37. The second kappa shape index (κ2) is 4.39. The van der Waals surface area contributed by atoms with E-state index >= 15 is 0 Å². The van der Waals surface area contributed by atoms with Crippen molar-refractivity contribution < 1.29 is 0 Å². The summed E-state index contributed by atoms with van der Waals surface area (Å²) in [5.74, 6) is 0. The molecule has 0 saturated heterocycles. The zero-order chi connectivity index (χ0) is 13.4. The van der Waals surface area contributed by atoms with Gasteiger partial charge in [-0.2, -0.15) is 5.10 Å². The molecule has 1 aromatic carbocycles. The monoisotopic (exact) mass is 253 g/mol. The van der Waals surface area contributed by atoms with Crippen LogP contribution in [-0.4, -0.2) is 14.8 Å². The van der Waals surface area contributed by atoms with Crippen LogP contribution in [0.1, 0.15) is 16.8 Å². The number of aryl methyl sites for hydroxylation is 2. The number of aromatic nitrogens is 3. The molecule has 0 aliphatic carbocycles. The minimum Gasteiger partial charge on any atom is -0.305 e. The van der Waals surface area contributed by atoms with Gasteiger partial charge >= 0.3 is 0 Å². The Hall–Kier alpha value is -2.36. The number of hydrogen-bond acceptors (Lipinski definition) is 2. The van der Waals surface area contributed by atoms with Crippen LogP contribution in [0.5, 0.6) is 0 Å². The lowest BCUT2D eigenvalue weighted by Gasteiger charge is -2.04. The van der Waals surface area contributed by atoms with Gasteiger partial charge < -0.3 is 4.98 Å². The maximum atomic E-state index is 11.5. The molecule has 0 fully saturated rings. The lowest BCUT2D eigenvalue weighted by Crippen LogP contribution is -2.04. The molecule has 96 valence electrons. The van der Waals surface area contributed by atoms with Crippen LogP contribution >= 0.6 is 0 Å². The highest BCUT2D eigenvalue weighted by Crippen LogP contribution is 2.19. The number of H-pyrrole nitrogens is 1. The van der Waals surface area contributed by atoms with Crippen LogP contribution in [0.2, 0.25) is 0 Å². The van der Waals surface area contributed by atoms with Crippen LogP contribution in [0.4, 0.5) is 0 Å². The lowest BCUT2D eigenvalue weighted by molar-refractivity contribution is 0.671. The van der Waals surface area contributed by atoms with E-state index in [1.54, 1.807) is 6.07 Å². The maximum absolute atomic E-state index is 11.5. The number of pyridine rings is 1. The Kier molecular flexibility index (Phi) is 2.71. The smallest absolute Gasteiger partial charge is 0.249 e. The van der Waals surface area contributed by atoms with Crippen LogP contribution in [0, 0.1) is 13.8 Å². The van der Waals surface area contributed by atoms with Crippen molar-refractivity contribution in [2.45, 2.75) is 20.4 Å². The summed E-state index contributed by atoms with van der Waals surface area (Å²) in [5, 5.41) is 5.53. The van der Waals surface area contributed by atoms with Crippen molar-refractivity contribution in [1.29, 1.82) is 0 Å². The van der Waals surface area contributed by atoms with Crippen molar-refractivity contribution in [3.05, 3.63) is 63.6 Å². The van der Waals surface area contributed by atoms with Gasteiger partial charge in [0.1, 0.15) is 0 Å². The van der Waals surface area contributed by atoms with Gasteiger partial charge in [-0.1, -0.05) is 30.3 Å². The van der Waals surface area contributed by atoms with Crippen LogP contribution in [-0.2, 0) is 6.54 Å². The third kappa shape index (κ3) is 2.05. The Morgan fingerprint density at radius 1 is 1.21 bits per heavy atom. The highest BCUT2D eigenvalue weighted by atomic mass is 16.1. The van der Waals surface area contributed by atoms with E-state index in [0.717, 1.165) is 16.6 Å². The zero-order valence-electron chi connectivity index (χ0n) is 11.0. The lowest BCUT2D eigenvalue weighted by atomic mass is 10.1. The molecule has 0 saturated carbocycles. The average molecular weight is 253 g/mol. The Morgan fingerprint density at radius 3 is 2.68 bits per heavy atom. The molecule has 2 heterocycles. The first kappa shape index (κ1) is 11.7. The SMILES string of the molecule is Cc1cc(=O)[nH]c2nn(Cc3ccccc3)c(C)c12. The largest absolute Gasteiger partial charge is 0.305 e. The molecule has 0 bridgehead atoms. The molecule has 0 radical (unpaired) electrons. The van der Waals surface area contributed by atoms with Crippen molar-refractivity contribution >= 4 is 11.0 Å². The molecule has 3 rings (SSSR count). The van der Waals surface area contributed by atoms with Gasteiger partial charge in [-0.25, -0.2) is 0 Å². The highest BCUT2D eigenvalue weighted by molar-refractivity contribution is 5.81. The first-order chi connectivity index (χ1) is 9.15. The summed E-state index contributed by atoms with van der Waals surface area (Å²) in [4.78, 5) is 14.3. The summed E-state index contributed by atoms with van der Waals surface area (Å²) in [7, 11) is 0. The molecule has 0 amide bonds. The molecule has 2 aromatic heterocycles. The number of nitrogens with one attached hydrogen (secondary N) is 1. The van der Waals surface area contributed by atoms with Gasteiger partial charge in [0.05, 0.1) is 6.54 Å². The van der Waals surface area contributed by atoms with Gasteiger partial charge in [-0.15, -0.1) is 0 Å². The average Bonchev–Trinajstić information content (AvgIpc) is 2.67. The van der Waals surface area contributed by atoms with E-state index in [0.29, 0.717) is 12.2 Å². The topological polar surface area (TPSA) is 50.7 Å². The fourth-order valence-corrected chi connectivity index (χ4v) is 2.44. The summed E-state index contributed by atoms with van der Waals surface area (Å²) in [6.45, 7) is 4.69. The normalized spacial score (nSPS) is 11.1. The van der Waals surface area contributed by atoms with Crippen molar-refractivity contribution in [2.75, 3.05) is 0 Å². The van der Waals surface area contributed by atoms with Gasteiger partial charge in [0.2, 0.25) is 5.56 Å². The third-order valence-electron chi connectivity index (χ3n) is 3.37. The molecular formula is C15H15N3O. The fourth-order valence-electron chi connectivity index (χ4n) is 2.44. The Morgan fingerprint density at radius 2 is 1.95 bits per heavy atom. The molecule has 3 aromatic rings. The number of nitrogens with zero attached hydrogens (tertiary/aromatic N) is 2. The summed E-state index contributed by atoms with van der Waals surface area (Å²) < 4.78 is 1.93. The van der Waals surface area contributed by atoms with Gasteiger partial charge in [0, 0.05) is 17.1 Å².